The van der Waals surface area contributed by atoms with Gasteiger partial charge < -0.3 is 4.74 Å². The highest BCUT2D eigenvalue weighted by Gasteiger charge is 2.61. The number of piperidine rings is 1. The molecule has 4 atom stereocenters. The van der Waals surface area contributed by atoms with Crippen molar-refractivity contribution >= 4 is 0 Å². The fraction of sp³-hybridized carbons (Fsp3) is 0.424. The molecule has 1 aromatic heterocycles. The summed E-state index contributed by atoms with van der Waals surface area (Å²) in [5.74, 6) is 0.657. The van der Waals surface area contributed by atoms with Crippen LogP contribution in [0.2, 0.25) is 0 Å². The first-order chi connectivity index (χ1) is 21.4. The SMILES string of the molecule is CC(C)n1nnnc1C1CC2(c3ccccc3)C(OCc3cc(C(F)(F)F)cc(C(F)(F)F)c3)CCC1N2Cc1ccccc1. The second-order valence-electron chi connectivity index (χ2n) is 12.1. The first kappa shape index (κ1) is 31.2. The van der Waals surface area contributed by atoms with Gasteiger partial charge in [-0.1, -0.05) is 60.7 Å². The number of halogens is 6. The first-order valence-corrected chi connectivity index (χ1v) is 14.9. The third kappa shape index (κ3) is 5.97. The van der Waals surface area contributed by atoms with Crippen LogP contribution in [0.15, 0.2) is 78.9 Å². The molecule has 238 valence electrons. The Morgan fingerprint density at radius 2 is 1.47 bits per heavy atom. The third-order valence-electron chi connectivity index (χ3n) is 9.07. The zero-order valence-corrected chi connectivity index (χ0v) is 24.8. The van der Waals surface area contributed by atoms with Crippen LogP contribution in [0, 0.1) is 0 Å². The lowest BCUT2D eigenvalue weighted by Gasteiger charge is -2.50. The van der Waals surface area contributed by atoms with Crippen molar-refractivity contribution in [3.63, 3.8) is 0 Å². The molecule has 12 heteroatoms. The second kappa shape index (κ2) is 11.9. The Balaban J connectivity index is 1.43. The van der Waals surface area contributed by atoms with E-state index in [2.05, 4.69) is 20.4 Å². The first-order valence-electron chi connectivity index (χ1n) is 14.9. The summed E-state index contributed by atoms with van der Waals surface area (Å²) < 4.78 is 90.1. The topological polar surface area (TPSA) is 56.1 Å². The van der Waals surface area contributed by atoms with Gasteiger partial charge in [-0.2, -0.15) is 26.3 Å². The Bertz CT molecular complexity index is 1580. The van der Waals surface area contributed by atoms with Crippen molar-refractivity contribution in [1.29, 1.82) is 0 Å². The Morgan fingerprint density at radius 3 is 2.07 bits per heavy atom. The van der Waals surface area contributed by atoms with Gasteiger partial charge in [0.1, 0.15) is 0 Å². The molecule has 2 aliphatic rings. The fourth-order valence-electron chi connectivity index (χ4n) is 7.17. The van der Waals surface area contributed by atoms with E-state index in [-0.39, 0.29) is 29.6 Å². The molecule has 3 heterocycles. The van der Waals surface area contributed by atoms with Gasteiger partial charge in [0.25, 0.3) is 0 Å². The lowest BCUT2D eigenvalue weighted by Crippen LogP contribution is -2.56. The molecule has 45 heavy (non-hydrogen) atoms. The van der Waals surface area contributed by atoms with Crippen LogP contribution in [-0.4, -0.2) is 37.3 Å². The standard InChI is InChI=1S/C33H33F6N5O/c1-21(2)44-30(40-41-42-44)27-18-31(24-11-7-4-8-12-24)29(14-13-28(27)43(31)19-22-9-5-3-6-10-22)45-20-23-15-25(32(34,35)36)17-26(16-23)33(37,38)39/h3-12,15-17,21,27-29H,13-14,18-20H2,1-2H3. The molecule has 2 saturated heterocycles. The van der Waals surface area contributed by atoms with Gasteiger partial charge in [0.15, 0.2) is 5.82 Å². The summed E-state index contributed by atoms with van der Waals surface area (Å²) in [6.07, 6.45) is -8.64. The monoisotopic (exact) mass is 629 g/mol. The average molecular weight is 630 g/mol. The molecule has 2 fully saturated rings. The highest BCUT2D eigenvalue weighted by molar-refractivity contribution is 5.36. The van der Waals surface area contributed by atoms with Gasteiger partial charge in [-0.25, -0.2) is 4.68 Å². The number of hydrogen-bond donors (Lipinski definition) is 0. The largest absolute Gasteiger partial charge is 0.416 e. The minimum Gasteiger partial charge on any atom is -0.371 e. The summed E-state index contributed by atoms with van der Waals surface area (Å²) in [4.78, 5) is 2.39. The molecule has 0 saturated carbocycles. The van der Waals surface area contributed by atoms with E-state index < -0.39 is 41.7 Å². The van der Waals surface area contributed by atoms with E-state index in [0.29, 0.717) is 25.8 Å². The third-order valence-corrected chi connectivity index (χ3v) is 9.07. The minimum absolute atomic E-state index is 0.0131. The smallest absolute Gasteiger partial charge is 0.371 e. The maximum atomic E-state index is 13.6. The molecule has 0 aliphatic carbocycles. The maximum absolute atomic E-state index is 13.6. The Kier molecular flexibility index (Phi) is 8.23. The minimum atomic E-state index is -4.94. The summed E-state index contributed by atoms with van der Waals surface area (Å²) >= 11 is 0. The van der Waals surface area contributed by atoms with E-state index in [1.54, 1.807) is 0 Å². The highest BCUT2D eigenvalue weighted by Crippen LogP contribution is 2.57. The van der Waals surface area contributed by atoms with Gasteiger partial charge in [0.2, 0.25) is 0 Å². The van der Waals surface area contributed by atoms with Gasteiger partial charge >= 0.3 is 12.4 Å². The maximum Gasteiger partial charge on any atom is 0.416 e. The zero-order valence-electron chi connectivity index (χ0n) is 24.8. The molecule has 2 aliphatic heterocycles. The summed E-state index contributed by atoms with van der Waals surface area (Å²) in [7, 11) is 0. The number of benzene rings is 3. The van der Waals surface area contributed by atoms with Crippen LogP contribution < -0.4 is 0 Å². The summed E-state index contributed by atoms with van der Waals surface area (Å²) in [6, 6.07) is 21.4. The van der Waals surface area contributed by atoms with Gasteiger partial charge in [-0.15, -0.1) is 5.10 Å². The summed E-state index contributed by atoms with van der Waals surface area (Å²) in [5.41, 5.74) is -1.63. The molecule has 0 amide bonds. The molecule has 4 aromatic rings. The van der Waals surface area contributed by atoms with E-state index in [0.717, 1.165) is 29.1 Å². The summed E-state index contributed by atoms with van der Waals surface area (Å²) in [5, 5.41) is 12.7. The van der Waals surface area contributed by atoms with E-state index in [1.807, 2.05) is 79.2 Å². The van der Waals surface area contributed by atoms with Gasteiger partial charge in [0, 0.05) is 18.5 Å². The van der Waals surface area contributed by atoms with Crippen LogP contribution in [-0.2, 0) is 35.8 Å². The van der Waals surface area contributed by atoms with Crippen LogP contribution in [0.5, 0.6) is 0 Å². The molecule has 6 rings (SSSR count). The quantitative estimate of drug-likeness (QED) is 0.185. The lowest BCUT2D eigenvalue weighted by atomic mass is 9.78. The number of rotatable bonds is 8. The number of hydrogen-bond acceptors (Lipinski definition) is 5. The predicted molar refractivity (Wildman–Crippen MR) is 154 cm³/mol. The van der Waals surface area contributed by atoms with Gasteiger partial charge in [0.05, 0.1) is 35.4 Å². The van der Waals surface area contributed by atoms with Gasteiger partial charge in [-0.05, 0) is 78.4 Å². The molecule has 0 N–H and O–H groups in total. The Labute approximate surface area is 257 Å². The summed E-state index contributed by atoms with van der Waals surface area (Å²) in [6.45, 7) is 4.16. The molecule has 4 unspecified atom stereocenters. The van der Waals surface area contributed by atoms with E-state index in [1.165, 1.54) is 0 Å². The average Bonchev–Trinajstić information content (AvgIpc) is 3.57. The normalized spacial score (nSPS) is 24.0. The Morgan fingerprint density at radius 1 is 0.844 bits per heavy atom. The van der Waals surface area contributed by atoms with E-state index in [9.17, 15) is 26.3 Å². The van der Waals surface area contributed by atoms with Crippen LogP contribution in [0.25, 0.3) is 0 Å². The molecule has 0 radical (unpaired) electrons. The number of fused-ring (bicyclic) bond motifs is 2. The van der Waals surface area contributed by atoms with Crippen molar-refractivity contribution in [3.05, 3.63) is 113 Å². The van der Waals surface area contributed by atoms with Gasteiger partial charge in [-0.3, -0.25) is 4.90 Å². The highest BCUT2D eigenvalue weighted by atomic mass is 19.4. The van der Waals surface area contributed by atoms with Crippen molar-refractivity contribution < 1.29 is 31.1 Å². The predicted octanol–water partition coefficient (Wildman–Crippen LogP) is 7.92. The molecule has 6 nitrogen and oxygen atoms in total. The zero-order chi connectivity index (χ0) is 32.0. The van der Waals surface area contributed by atoms with Crippen molar-refractivity contribution in [2.45, 2.75) is 88.3 Å². The Hall–Kier alpha value is -3.77. The van der Waals surface area contributed by atoms with Crippen molar-refractivity contribution in [2.75, 3.05) is 0 Å². The molecule has 0 spiro atoms. The number of aromatic nitrogens is 4. The number of tetrazole rings is 1. The number of nitrogens with zero attached hydrogens (tertiary/aromatic N) is 5. The van der Waals surface area contributed by atoms with Crippen LogP contribution in [0.4, 0.5) is 26.3 Å². The molecule has 3 aromatic carbocycles. The number of ether oxygens (including phenoxy) is 1. The van der Waals surface area contributed by atoms with E-state index in [4.69, 9.17) is 4.74 Å². The molecule has 2 bridgehead atoms. The van der Waals surface area contributed by atoms with Crippen LogP contribution in [0.1, 0.15) is 78.7 Å². The van der Waals surface area contributed by atoms with E-state index >= 15 is 0 Å². The lowest BCUT2D eigenvalue weighted by molar-refractivity contribution is -0.143. The number of alkyl halides is 6. The molecular weight excluding hydrogens is 596 g/mol. The van der Waals surface area contributed by atoms with Crippen LogP contribution in [0.3, 0.4) is 0 Å². The fourth-order valence-corrected chi connectivity index (χ4v) is 7.17. The second-order valence-corrected chi connectivity index (χ2v) is 12.1. The van der Waals surface area contributed by atoms with Crippen molar-refractivity contribution in [3.8, 4) is 0 Å². The van der Waals surface area contributed by atoms with Crippen molar-refractivity contribution in [1.82, 2.24) is 25.1 Å². The van der Waals surface area contributed by atoms with Crippen LogP contribution >= 0.6 is 0 Å². The van der Waals surface area contributed by atoms with Crippen molar-refractivity contribution in [2.24, 2.45) is 0 Å². The molecular formula is C33H33F6N5O.